The zero-order valence-corrected chi connectivity index (χ0v) is 12.1. The van der Waals surface area contributed by atoms with Gasteiger partial charge in [0.05, 0.1) is 18.4 Å². The van der Waals surface area contributed by atoms with Gasteiger partial charge in [0.1, 0.15) is 0 Å². The van der Waals surface area contributed by atoms with Crippen molar-refractivity contribution in [1.29, 1.82) is 0 Å². The van der Waals surface area contributed by atoms with Crippen LogP contribution in [0.25, 0.3) is 10.8 Å². The van der Waals surface area contributed by atoms with Crippen molar-refractivity contribution in [3.05, 3.63) is 48.0 Å². The Balaban J connectivity index is 2.17. The minimum Gasteiger partial charge on any atom is -0.548 e. The summed E-state index contributed by atoms with van der Waals surface area (Å²) in [6.07, 6.45) is 0.151. The van der Waals surface area contributed by atoms with Crippen LogP contribution in [-0.4, -0.2) is 17.9 Å². The summed E-state index contributed by atoms with van der Waals surface area (Å²) in [5.41, 5.74) is 0.881. The summed E-state index contributed by atoms with van der Waals surface area (Å²) in [6.45, 7) is 3.47. The van der Waals surface area contributed by atoms with Crippen molar-refractivity contribution in [1.82, 2.24) is 5.32 Å². The van der Waals surface area contributed by atoms with E-state index in [4.69, 9.17) is 0 Å². The summed E-state index contributed by atoms with van der Waals surface area (Å²) in [5.74, 6) is -1.78. The number of nitrogens with one attached hydrogen (secondary N) is 1. The van der Waals surface area contributed by atoms with E-state index in [1.54, 1.807) is 13.8 Å². The van der Waals surface area contributed by atoms with Gasteiger partial charge >= 0.3 is 0 Å². The third kappa shape index (κ3) is 3.60. The lowest BCUT2D eigenvalue weighted by molar-refractivity contribution is -0.309. The first-order valence-electron chi connectivity index (χ1n) is 6.96. The van der Waals surface area contributed by atoms with E-state index < -0.39 is 12.0 Å². The Kier molecular flexibility index (Phi) is 4.58. The molecule has 0 radical (unpaired) electrons. The first kappa shape index (κ1) is 15.0. The van der Waals surface area contributed by atoms with Gasteiger partial charge < -0.3 is 15.2 Å². The number of fused-ring (bicyclic) bond motifs is 1. The van der Waals surface area contributed by atoms with Crippen LogP contribution in [0.15, 0.2) is 42.5 Å². The molecule has 0 unspecified atom stereocenters. The van der Waals surface area contributed by atoms with E-state index in [9.17, 15) is 14.7 Å². The quantitative estimate of drug-likeness (QED) is 0.899. The SMILES string of the molecule is CC(C)[C@@H](NC(=O)Cc1cccc2ccccc12)C(=O)[O-]. The third-order valence-corrected chi connectivity index (χ3v) is 3.47. The number of carbonyl (C=O) groups excluding carboxylic acids is 2. The average molecular weight is 284 g/mol. The normalized spacial score (nSPS) is 12.3. The number of aliphatic carboxylic acids is 1. The van der Waals surface area contributed by atoms with Gasteiger partial charge in [-0.2, -0.15) is 0 Å². The molecule has 0 heterocycles. The Morgan fingerprint density at radius 3 is 2.43 bits per heavy atom. The maximum Gasteiger partial charge on any atom is 0.224 e. The number of carboxylic acid groups (broad SMARTS) is 1. The van der Waals surface area contributed by atoms with Crippen LogP contribution in [0.2, 0.25) is 0 Å². The Morgan fingerprint density at radius 1 is 1.10 bits per heavy atom. The molecule has 0 aromatic heterocycles. The molecule has 2 rings (SSSR count). The molecule has 0 aliphatic heterocycles. The minimum atomic E-state index is -1.25. The molecule has 4 heteroatoms. The molecule has 0 aliphatic carbocycles. The summed E-state index contributed by atoms with van der Waals surface area (Å²) in [7, 11) is 0. The lowest BCUT2D eigenvalue weighted by Gasteiger charge is -2.23. The fourth-order valence-electron chi connectivity index (χ4n) is 2.34. The molecule has 0 bridgehead atoms. The molecule has 1 amide bonds. The first-order chi connectivity index (χ1) is 9.99. The van der Waals surface area contributed by atoms with Gasteiger partial charge in [0.2, 0.25) is 5.91 Å². The van der Waals surface area contributed by atoms with Gasteiger partial charge in [-0.15, -0.1) is 0 Å². The van der Waals surface area contributed by atoms with Crippen LogP contribution in [0, 0.1) is 5.92 Å². The summed E-state index contributed by atoms with van der Waals surface area (Å²) in [5, 5.41) is 15.6. The van der Waals surface area contributed by atoms with Gasteiger partial charge in [0, 0.05) is 0 Å². The summed E-state index contributed by atoms with van der Waals surface area (Å²) >= 11 is 0. The van der Waals surface area contributed by atoms with Crippen LogP contribution in [0.4, 0.5) is 0 Å². The van der Waals surface area contributed by atoms with Crippen LogP contribution in [0.3, 0.4) is 0 Å². The Bertz CT molecular complexity index is 659. The lowest BCUT2D eigenvalue weighted by Crippen LogP contribution is -2.51. The van der Waals surface area contributed by atoms with E-state index in [0.29, 0.717) is 0 Å². The van der Waals surface area contributed by atoms with Crippen molar-refractivity contribution in [3.63, 3.8) is 0 Å². The number of carbonyl (C=O) groups is 2. The maximum absolute atomic E-state index is 12.1. The van der Waals surface area contributed by atoms with Gasteiger partial charge in [0.15, 0.2) is 0 Å². The highest BCUT2D eigenvalue weighted by molar-refractivity contribution is 5.91. The van der Waals surface area contributed by atoms with Crippen molar-refractivity contribution < 1.29 is 14.7 Å². The topological polar surface area (TPSA) is 69.2 Å². The second kappa shape index (κ2) is 6.39. The molecule has 21 heavy (non-hydrogen) atoms. The number of amides is 1. The molecule has 0 saturated carbocycles. The minimum absolute atomic E-state index is 0.151. The number of benzene rings is 2. The summed E-state index contributed by atoms with van der Waals surface area (Å²) in [4.78, 5) is 23.1. The smallest absolute Gasteiger partial charge is 0.224 e. The predicted molar refractivity (Wildman–Crippen MR) is 79.4 cm³/mol. The Hall–Kier alpha value is -2.36. The fourth-order valence-corrected chi connectivity index (χ4v) is 2.34. The van der Waals surface area contributed by atoms with Gasteiger partial charge in [0.25, 0.3) is 0 Å². The van der Waals surface area contributed by atoms with Gasteiger partial charge in [-0.1, -0.05) is 56.3 Å². The van der Waals surface area contributed by atoms with E-state index in [-0.39, 0.29) is 18.2 Å². The van der Waals surface area contributed by atoms with Gasteiger partial charge in [-0.25, -0.2) is 0 Å². The second-order valence-corrected chi connectivity index (χ2v) is 5.42. The number of carboxylic acids is 1. The molecule has 2 aromatic carbocycles. The van der Waals surface area contributed by atoms with E-state index in [0.717, 1.165) is 16.3 Å². The van der Waals surface area contributed by atoms with Crippen molar-refractivity contribution in [2.45, 2.75) is 26.3 Å². The van der Waals surface area contributed by atoms with Crippen LogP contribution in [-0.2, 0) is 16.0 Å². The van der Waals surface area contributed by atoms with E-state index >= 15 is 0 Å². The molecule has 4 nitrogen and oxygen atoms in total. The monoisotopic (exact) mass is 284 g/mol. The molecule has 2 aromatic rings. The molecule has 110 valence electrons. The number of hydrogen-bond acceptors (Lipinski definition) is 3. The zero-order chi connectivity index (χ0) is 15.4. The zero-order valence-electron chi connectivity index (χ0n) is 12.1. The standard InChI is InChI=1S/C17H19NO3/c1-11(2)16(17(20)21)18-15(19)10-13-8-5-7-12-6-3-4-9-14(12)13/h3-9,11,16H,10H2,1-2H3,(H,18,19)(H,20,21)/p-1/t16-/m1/s1. The lowest BCUT2D eigenvalue weighted by atomic mass is 10.0. The molecule has 1 atom stereocenters. The van der Waals surface area contributed by atoms with Gasteiger partial charge in [-0.05, 0) is 22.3 Å². The predicted octanol–water partition coefficient (Wildman–Crippen LogP) is 1.27. The third-order valence-electron chi connectivity index (χ3n) is 3.47. The van der Waals surface area contributed by atoms with Crippen molar-refractivity contribution in [2.75, 3.05) is 0 Å². The van der Waals surface area contributed by atoms with Crippen LogP contribution in [0.5, 0.6) is 0 Å². The Morgan fingerprint density at radius 2 is 1.76 bits per heavy atom. The summed E-state index contributed by atoms with van der Waals surface area (Å²) < 4.78 is 0. The second-order valence-electron chi connectivity index (χ2n) is 5.42. The highest BCUT2D eigenvalue weighted by Crippen LogP contribution is 2.19. The molecule has 0 aliphatic rings. The molecule has 0 saturated heterocycles. The van der Waals surface area contributed by atoms with E-state index in [1.165, 1.54) is 0 Å². The molecular weight excluding hydrogens is 266 g/mol. The largest absolute Gasteiger partial charge is 0.548 e. The van der Waals surface area contributed by atoms with Gasteiger partial charge in [-0.3, -0.25) is 4.79 Å². The van der Waals surface area contributed by atoms with Crippen LogP contribution >= 0.6 is 0 Å². The summed E-state index contributed by atoms with van der Waals surface area (Å²) in [6, 6.07) is 12.6. The van der Waals surface area contributed by atoms with Crippen molar-refractivity contribution >= 4 is 22.6 Å². The van der Waals surface area contributed by atoms with Crippen LogP contribution in [0.1, 0.15) is 19.4 Å². The van der Waals surface area contributed by atoms with Crippen molar-refractivity contribution in [2.24, 2.45) is 5.92 Å². The van der Waals surface area contributed by atoms with Crippen LogP contribution < -0.4 is 10.4 Å². The Labute approximate surface area is 123 Å². The first-order valence-corrected chi connectivity index (χ1v) is 6.96. The van der Waals surface area contributed by atoms with E-state index in [2.05, 4.69) is 5.32 Å². The average Bonchev–Trinajstić information content (AvgIpc) is 2.44. The molecular formula is C17H18NO3-. The van der Waals surface area contributed by atoms with E-state index in [1.807, 2.05) is 42.5 Å². The maximum atomic E-state index is 12.1. The highest BCUT2D eigenvalue weighted by Gasteiger charge is 2.17. The molecule has 1 N–H and O–H groups in total. The van der Waals surface area contributed by atoms with Crippen molar-refractivity contribution in [3.8, 4) is 0 Å². The molecule has 0 spiro atoms. The number of rotatable bonds is 5. The molecule has 0 fully saturated rings. The number of hydrogen-bond donors (Lipinski definition) is 1. The fraction of sp³-hybridized carbons (Fsp3) is 0.294. The highest BCUT2D eigenvalue weighted by atomic mass is 16.4.